The predicted octanol–water partition coefficient (Wildman–Crippen LogP) is 3.04. The second-order valence-electron chi connectivity index (χ2n) is 9.56. The lowest BCUT2D eigenvalue weighted by atomic mass is 9.47. The van der Waals surface area contributed by atoms with Crippen molar-refractivity contribution >= 4 is 27.5 Å². The smallest absolute Gasteiger partial charge is 0.159 e. The van der Waals surface area contributed by atoms with Gasteiger partial charge in [0.15, 0.2) is 5.78 Å². The van der Waals surface area contributed by atoms with Crippen LogP contribution in [-0.4, -0.2) is 39.3 Å². The van der Waals surface area contributed by atoms with E-state index in [2.05, 4.69) is 29.8 Å². The van der Waals surface area contributed by atoms with Gasteiger partial charge in [-0.1, -0.05) is 35.4 Å². The average Bonchev–Trinajstić information content (AvgIpc) is 2.94. The third-order valence-electron chi connectivity index (χ3n) is 8.45. The molecule has 8 atom stereocenters. The van der Waals surface area contributed by atoms with Crippen LogP contribution in [0.4, 0.5) is 0 Å². The van der Waals surface area contributed by atoms with Crippen molar-refractivity contribution in [2.75, 3.05) is 5.33 Å². The number of ketones is 2. The number of Topliss-reactive ketones (excluding diaryl/α,β-unsaturated/α-hetero) is 1. The Hall–Kier alpha value is -0.520. The Morgan fingerprint density at radius 2 is 1.81 bits per heavy atom. The molecule has 0 aromatic rings. The summed E-state index contributed by atoms with van der Waals surface area (Å²) in [6.07, 6.45) is 5.02. The molecule has 4 aliphatic carbocycles. The van der Waals surface area contributed by atoms with Gasteiger partial charge in [0.25, 0.3) is 0 Å². The summed E-state index contributed by atoms with van der Waals surface area (Å²) in [5.41, 5.74) is 0.901. The maximum absolute atomic E-state index is 13.0. The molecular formula is C21H29BrO4. The summed E-state index contributed by atoms with van der Waals surface area (Å²) in [6, 6.07) is 0. The quantitative estimate of drug-likeness (QED) is 0.667. The van der Waals surface area contributed by atoms with Crippen LogP contribution in [0.25, 0.3) is 0 Å². The number of fused-ring (bicyclic) bond motifs is 5. The van der Waals surface area contributed by atoms with Crippen LogP contribution in [0.15, 0.2) is 11.6 Å². The van der Waals surface area contributed by atoms with Crippen molar-refractivity contribution in [3.8, 4) is 0 Å². The molecule has 0 radical (unpaired) electrons. The van der Waals surface area contributed by atoms with E-state index in [1.54, 1.807) is 0 Å². The van der Waals surface area contributed by atoms with Crippen LogP contribution in [0.3, 0.4) is 0 Å². The van der Waals surface area contributed by atoms with Crippen LogP contribution in [-0.2, 0) is 9.59 Å². The summed E-state index contributed by atoms with van der Waals surface area (Å²) in [5, 5.41) is 20.8. The van der Waals surface area contributed by atoms with E-state index in [1.165, 1.54) is 5.57 Å². The Labute approximate surface area is 163 Å². The SMILES string of the molecule is CC12CC(O)C(O)CC1C(=O)C=C1C2CCC2(C)C(C(=O)CBr)CCC12. The number of rotatable bonds is 2. The summed E-state index contributed by atoms with van der Waals surface area (Å²) in [7, 11) is 0. The third-order valence-corrected chi connectivity index (χ3v) is 9.00. The first-order valence-electron chi connectivity index (χ1n) is 9.92. The lowest BCUT2D eigenvalue weighted by molar-refractivity contribution is -0.143. The number of alkyl halides is 1. The zero-order valence-corrected chi connectivity index (χ0v) is 17.2. The summed E-state index contributed by atoms with van der Waals surface area (Å²) in [6.45, 7) is 4.38. The molecule has 5 heteroatoms. The molecule has 0 heterocycles. The van der Waals surface area contributed by atoms with E-state index in [9.17, 15) is 19.8 Å². The van der Waals surface area contributed by atoms with Gasteiger partial charge in [0.1, 0.15) is 5.78 Å². The van der Waals surface area contributed by atoms with E-state index in [1.807, 2.05) is 6.08 Å². The van der Waals surface area contributed by atoms with Crippen LogP contribution >= 0.6 is 15.9 Å². The zero-order valence-electron chi connectivity index (χ0n) is 15.6. The number of aliphatic hydroxyl groups excluding tert-OH is 2. The lowest BCUT2D eigenvalue weighted by Gasteiger charge is -2.57. The molecular weight excluding hydrogens is 396 g/mol. The Morgan fingerprint density at radius 1 is 1.12 bits per heavy atom. The van der Waals surface area contributed by atoms with Gasteiger partial charge in [-0.2, -0.15) is 0 Å². The standard InChI is InChI=1S/C21H29BrO4/c1-20-6-5-13-11(12(20)3-4-14(20)19(26)10-22)7-16(23)15-8-17(24)18(25)9-21(13,15)2/h7,12-15,17-18,24-25H,3-6,8-10H2,1-2H3. The molecule has 0 spiro atoms. The molecule has 0 saturated heterocycles. The fourth-order valence-electron chi connectivity index (χ4n) is 7.02. The molecule has 3 saturated carbocycles. The van der Waals surface area contributed by atoms with Crippen molar-refractivity contribution in [2.24, 2.45) is 34.5 Å². The fourth-order valence-corrected chi connectivity index (χ4v) is 7.41. The zero-order chi connectivity index (χ0) is 18.9. The summed E-state index contributed by atoms with van der Waals surface area (Å²) in [4.78, 5) is 25.4. The molecule has 3 fully saturated rings. The molecule has 4 aliphatic rings. The number of halogens is 1. The van der Waals surface area contributed by atoms with Gasteiger partial charge in [-0.15, -0.1) is 0 Å². The Morgan fingerprint density at radius 3 is 2.50 bits per heavy atom. The van der Waals surface area contributed by atoms with Crippen molar-refractivity contribution in [1.29, 1.82) is 0 Å². The van der Waals surface area contributed by atoms with Crippen LogP contribution in [0.2, 0.25) is 0 Å². The molecule has 0 amide bonds. The minimum atomic E-state index is -0.798. The van der Waals surface area contributed by atoms with Gasteiger partial charge in [-0.3, -0.25) is 9.59 Å². The highest BCUT2D eigenvalue weighted by Gasteiger charge is 2.61. The first-order valence-corrected chi connectivity index (χ1v) is 11.0. The highest BCUT2D eigenvalue weighted by molar-refractivity contribution is 9.09. The number of carbonyl (C=O) groups is 2. The molecule has 0 bridgehead atoms. The maximum atomic E-state index is 13.0. The number of aliphatic hydroxyl groups is 2. The Kier molecular flexibility index (Phi) is 4.52. The van der Waals surface area contributed by atoms with E-state index in [0.29, 0.717) is 24.1 Å². The van der Waals surface area contributed by atoms with Gasteiger partial charge >= 0.3 is 0 Å². The van der Waals surface area contributed by atoms with Crippen LogP contribution in [0.1, 0.15) is 52.4 Å². The Bertz CT molecular complexity index is 673. The monoisotopic (exact) mass is 424 g/mol. The molecule has 0 aromatic heterocycles. The summed E-state index contributed by atoms with van der Waals surface area (Å²) in [5.74, 6) is 0.859. The first-order chi connectivity index (χ1) is 12.2. The number of carbonyl (C=O) groups excluding carboxylic acids is 2. The van der Waals surface area contributed by atoms with Crippen molar-refractivity contribution in [1.82, 2.24) is 0 Å². The highest BCUT2D eigenvalue weighted by atomic mass is 79.9. The molecule has 0 aromatic carbocycles. The number of hydrogen-bond acceptors (Lipinski definition) is 4. The van der Waals surface area contributed by atoms with Crippen LogP contribution in [0.5, 0.6) is 0 Å². The number of allylic oxidation sites excluding steroid dienone is 2. The van der Waals surface area contributed by atoms with Gasteiger partial charge in [-0.05, 0) is 67.3 Å². The molecule has 8 unspecified atom stereocenters. The van der Waals surface area contributed by atoms with E-state index in [-0.39, 0.29) is 40.2 Å². The molecule has 144 valence electrons. The first kappa shape index (κ1) is 18.8. The Balaban J connectivity index is 1.72. The van der Waals surface area contributed by atoms with E-state index in [4.69, 9.17) is 0 Å². The van der Waals surface area contributed by atoms with Gasteiger partial charge in [-0.25, -0.2) is 0 Å². The van der Waals surface area contributed by atoms with Gasteiger partial charge in [0.2, 0.25) is 0 Å². The molecule has 26 heavy (non-hydrogen) atoms. The van der Waals surface area contributed by atoms with Gasteiger partial charge < -0.3 is 10.2 Å². The topological polar surface area (TPSA) is 74.6 Å². The molecule has 0 aliphatic heterocycles. The highest BCUT2D eigenvalue weighted by Crippen LogP contribution is 2.65. The van der Waals surface area contributed by atoms with E-state index in [0.717, 1.165) is 25.7 Å². The third kappa shape index (κ3) is 2.46. The van der Waals surface area contributed by atoms with E-state index >= 15 is 0 Å². The van der Waals surface area contributed by atoms with E-state index < -0.39 is 12.2 Å². The fraction of sp³-hybridized carbons (Fsp3) is 0.810. The maximum Gasteiger partial charge on any atom is 0.159 e. The second kappa shape index (κ2) is 6.25. The lowest BCUT2D eigenvalue weighted by Crippen LogP contribution is -2.56. The normalized spacial score (nSPS) is 50.5. The van der Waals surface area contributed by atoms with Crippen molar-refractivity contribution in [3.63, 3.8) is 0 Å². The minimum absolute atomic E-state index is 0.0521. The predicted molar refractivity (Wildman–Crippen MR) is 102 cm³/mol. The van der Waals surface area contributed by atoms with Gasteiger partial charge in [0.05, 0.1) is 17.5 Å². The summed E-state index contributed by atoms with van der Waals surface area (Å²) < 4.78 is 0. The van der Waals surface area contributed by atoms with Crippen molar-refractivity contribution < 1.29 is 19.8 Å². The molecule has 2 N–H and O–H groups in total. The number of hydrogen-bond donors (Lipinski definition) is 2. The molecule has 4 nitrogen and oxygen atoms in total. The average molecular weight is 425 g/mol. The minimum Gasteiger partial charge on any atom is -0.390 e. The summed E-state index contributed by atoms with van der Waals surface area (Å²) >= 11 is 3.34. The van der Waals surface area contributed by atoms with Crippen molar-refractivity contribution in [2.45, 2.75) is 64.6 Å². The van der Waals surface area contributed by atoms with Crippen LogP contribution < -0.4 is 0 Å². The van der Waals surface area contributed by atoms with Crippen molar-refractivity contribution in [3.05, 3.63) is 11.6 Å². The largest absolute Gasteiger partial charge is 0.390 e. The second-order valence-corrected chi connectivity index (χ2v) is 10.1. The van der Waals surface area contributed by atoms with Gasteiger partial charge in [0, 0.05) is 11.8 Å². The van der Waals surface area contributed by atoms with Crippen LogP contribution in [0, 0.1) is 34.5 Å². The molecule has 4 rings (SSSR count).